The van der Waals surface area contributed by atoms with Gasteiger partial charge >= 0.3 is 0 Å². The van der Waals surface area contributed by atoms with Crippen LogP contribution in [0.5, 0.6) is 0 Å². The summed E-state index contributed by atoms with van der Waals surface area (Å²) >= 11 is 3.29. The number of anilines is 2. The van der Waals surface area contributed by atoms with Crippen molar-refractivity contribution in [1.82, 2.24) is 15.3 Å². The van der Waals surface area contributed by atoms with E-state index in [9.17, 15) is 4.79 Å². The number of nitrogen functional groups attached to an aromatic ring is 1. The molecular formula is C9H14BrN5O. The van der Waals surface area contributed by atoms with Gasteiger partial charge in [-0.1, -0.05) is 0 Å². The minimum absolute atomic E-state index is 0.0610. The van der Waals surface area contributed by atoms with Crippen LogP contribution in [-0.4, -0.2) is 36.0 Å². The molecule has 1 amide bonds. The summed E-state index contributed by atoms with van der Waals surface area (Å²) in [7, 11) is 1.77. The van der Waals surface area contributed by atoms with Gasteiger partial charge in [0.05, 0.1) is 6.54 Å². The molecule has 0 aliphatic rings. The van der Waals surface area contributed by atoms with Gasteiger partial charge in [-0.2, -0.15) is 0 Å². The fraction of sp³-hybridized carbons (Fsp3) is 0.444. The highest BCUT2D eigenvalue weighted by Gasteiger charge is 2.13. The van der Waals surface area contributed by atoms with E-state index < -0.39 is 0 Å². The van der Waals surface area contributed by atoms with Crippen molar-refractivity contribution in [3.05, 3.63) is 10.8 Å². The first-order chi connectivity index (χ1) is 7.56. The summed E-state index contributed by atoms with van der Waals surface area (Å²) in [5, 5.41) is 2.71. The van der Waals surface area contributed by atoms with Crippen molar-refractivity contribution in [2.24, 2.45) is 0 Å². The number of halogens is 1. The highest BCUT2D eigenvalue weighted by Crippen LogP contribution is 2.26. The fourth-order valence-electron chi connectivity index (χ4n) is 1.18. The summed E-state index contributed by atoms with van der Waals surface area (Å²) in [5.74, 6) is 0.889. The van der Waals surface area contributed by atoms with Gasteiger partial charge < -0.3 is 16.0 Å². The average molecular weight is 288 g/mol. The van der Waals surface area contributed by atoms with Crippen molar-refractivity contribution < 1.29 is 4.79 Å². The summed E-state index contributed by atoms with van der Waals surface area (Å²) < 4.78 is 0.599. The molecule has 0 aromatic carbocycles. The zero-order valence-corrected chi connectivity index (χ0v) is 10.8. The largest absolute Gasteiger partial charge is 0.383 e. The number of amides is 1. The first-order valence-corrected chi connectivity index (χ1v) is 5.59. The predicted molar refractivity (Wildman–Crippen MR) is 66.1 cm³/mol. The van der Waals surface area contributed by atoms with E-state index in [0.29, 0.717) is 22.7 Å². The average Bonchev–Trinajstić information content (AvgIpc) is 2.22. The van der Waals surface area contributed by atoms with Gasteiger partial charge in [-0.25, -0.2) is 9.97 Å². The lowest BCUT2D eigenvalue weighted by atomic mass is 10.4. The number of nitrogens with two attached hydrogens (primary N) is 1. The van der Waals surface area contributed by atoms with Gasteiger partial charge in [0, 0.05) is 13.6 Å². The summed E-state index contributed by atoms with van der Waals surface area (Å²) in [5.41, 5.74) is 5.62. The van der Waals surface area contributed by atoms with Gasteiger partial charge in [0.1, 0.15) is 22.4 Å². The van der Waals surface area contributed by atoms with Crippen LogP contribution in [0.3, 0.4) is 0 Å². The molecule has 3 N–H and O–H groups in total. The highest BCUT2D eigenvalue weighted by molar-refractivity contribution is 9.10. The summed E-state index contributed by atoms with van der Waals surface area (Å²) in [6.45, 7) is 2.71. The van der Waals surface area contributed by atoms with E-state index in [2.05, 4.69) is 31.2 Å². The Labute approximate surface area is 102 Å². The van der Waals surface area contributed by atoms with Gasteiger partial charge in [0.2, 0.25) is 5.91 Å². The number of nitrogens with one attached hydrogen (secondary N) is 1. The second-order valence-corrected chi connectivity index (χ2v) is 4.00. The molecule has 0 saturated heterocycles. The quantitative estimate of drug-likeness (QED) is 0.837. The lowest BCUT2D eigenvalue weighted by Crippen LogP contribution is -2.35. The highest BCUT2D eigenvalue weighted by atomic mass is 79.9. The van der Waals surface area contributed by atoms with Crippen molar-refractivity contribution >= 4 is 33.5 Å². The van der Waals surface area contributed by atoms with Crippen LogP contribution < -0.4 is 16.0 Å². The zero-order valence-electron chi connectivity index (χ0n) is 9.20. The lowest BCUT2D eigenvalue weighted by Gasteiger charge is -2.18. The maximum atomic E-state index is 11.4. The Balaban J connectivity index is 2.76. The third-order valence-electron chi connectivity index (χ3n) is 1.91. The van der Waals surface area contributed by atoms with Crippen LogP contribution in [0, 0.1) is 0 Å². The summed E-state index contributed by atoms with van der Waals surface area (Å²) in [6.07, 6.45) is 1.36. The van der Waals surface area contributed by atoms with Crippen molar-refractivity contribution in [3.63, 3.8) is 0 Å². The molecule has 0 atom stereocenters. The monoisotopic (exact) mass is 287 g/mol. The molecule has 88 valence electrons. The lowest BCUT2D eigenvalue weighted by molar-refractivity contribution is -0.119. The zero-order chi connectivity index (χ0) is 12.1. The predicted octanol–water partition coefficient (Wildman–Crippen LogP) is 0.394. The van der Waals surface area contributed by atoms with Crippen LogP contribution in [0.2, 0.25) is 0 Å². The Bertz CT molecular complexity index is 384. The molecule has 16 heavy (non-hydrogen) atoms. The summed E-state index contributed by atoms with van der Waals surface area (Å²) in [4.78, 5) is 21.0. The Kier molecular flexibility index (Phi) is 4.48. The fourth-order valence-corrected chi connectivity index (χ4v) is 1.69. The number of likely N-dealkylation sites (N-methyl/N-ethyl adjacent to an activating group) is 2. The van der Waals surface area contributed by atoms with Crippen LogP contribution in [-0.2, 0) is 4.79 Å². The molecule has 0 aliphatic heterocycles. The Morgan fingerprint density at radius 3 is 2.94 bits per heavy atom. The van der Waals surface area contributed by atoms with Gasteiger partial charge in [0.25, 0.3) is 0 Å². The van der Waals surface area contributed by atoms with Gasteiger partial charge in [-0.05, 0) is 22.9 Å². The molecule has 0 unspecified atom stereocenters. The molecule has 0 aliphatic carbocycles. The smallest absolute Gasteiger partial charge is 0.239 e. The minimum atomic E-state index is -0.0610. The van der Waals surface area contributed by atoms with Gasteiger partial charge in [-0.3, -0.25) is 4.79 Å². The van der Waals surface area contributed by atoms with Crippen molar-refractivity contribution in [3.8, 4) is 0 Å². The maximum absolute atomic E-state index is 11.4. The first kappa shape index (κ1) is 12.7. The molecule has 1 aromatic rings. The number of carbonyl (C=O) groups excluding carboxylic acids is 1. The molecule has 1 rings (SSSR count). The van der Waals surface area contributed by atoms with Crippen LogP contribution >= 0.6 is 15.9 Å². The molecule has 0 spiro atoms. The van der Waals surface area contributed by atoms with Crippen molar-refractivity contribution in [2.75, 3.05) is 30.8 Å². The van der Waals surface area contributed by atoms with E-state index in [0.717, 1.165) is 0 Å². The topological polar surface area (TPSA) is 84.1 Å². The SMILES string of the molecule is CCNC(=O)CN(C)c1ncnc(N)c1Br. The van der Waals surface area contributed by atoms with Crippen LogP contribution in [0.15, 0.2) is 10.8 Å². The normalized spacial score (nSPS) is 9.94. The van der Waals surface area contributed by atoms with E-state index in [-0.39, 0.29) is 12.5 Å². The maximum Gasteiger partial charge on any atom is 0.239 e. The third-order valence-corrected chi connectivity index (χ3v) is 2.68. The van der Waals surface area contributed by atoms with E-state index in [1.165, 1.54) is 6.33 Å². The van der Waals surface area contributed by atoms with Crippen LogP contribution in [0.1, 0.15) is 6.92 Å². The second kappa shape index (κ2) is 5.64. The number of nitrogens with zero attached hydrogens (tertiary/aromatic N) is 3. The third kappa shape index (κ3) is 3.06. The number of rotatable bonds is 4. The molecule has 1 aromatic heterocycles. The van der Waals surface area contributed by atoms with E-state index >= 15 is 0 Å². The van der Waals surface area contributed by atoms with Gasteiger partial charge in [-0.15, -0.1) is 0 Å². The Morgan fingerprint density at radius 1 is 1.62 bits per heavy atom. The van der Waals surface area contributed by atoms with E-state index in [4.69, 9.17) is 5.73 Å². The minimum Gasteiger partial charge on any atom is -0.383 e. The molecule has 0 radical (unpaired) electrons. The van der Waals surface area contributed by atoms with Crippen molar-refractivity contribution in [1.29, 1.82) is 0 Å². The van der Waals surface area contributed by atoms with Crippen LogP contribution in [0.25, 0.3) is 0 Å². The number of hydrogen-bond donors (Lipinski definition) is 2. The van der Waals surface area contributed by atoms with Gasteiger partial charge in [0.15, 0.2) is 0 Å². The number of aromatic nitrogens is 2. The molecular weight excluding hydrogens is 274 g/mol. The molecule has 1 heterocycles. The van der Waals surface area contributed by atoms with E-state index in [1.807, 2.05) is 6.92 Å². The first-order valence-electron chi connectivity index (χ1n) is 4.80. The molecule has 0 bridgehead atoms. The van der Waals surface area contributed by atoms with Crippen molar-refractivity contribution in [2.45, 2.75) is 6.92 Å². The Morgan fingerprint density at radius 2 is 2.31 bits per heavy atom. The second-order valence-electron chi connectivity index (χ2n) is 3.21. The van der Waals surface area contributed by atoms with E-state index in [1.54, 1.807) is 11.9 Å². The molecule has 0 fully saturated rings. The standard InChI is InChI=1S/C9H14BrN5O/c1-3-12-6(16)4-15(2)9-7(10)8(11)13-5-14-9/h5H,3-4H2,1-2H3,(H,12,16)(H2,11,13,14). The molecule has 0 saturated carbocycles. The summed E-state index contributed by atoms with van der Waals surface area (Å²) in [6, 6.07) is 0. The number of hydrogen-bond acceptors (Lipinski definition) is 5. The molecule has 6 nitrogen and oxygen atoms in total. The number of carbonyl (C=O) groups is 1. The Hall–Kier alpha value is -1.37. The van der Waals surface area contributed by atoms with Crippen LogP contribution in [0.4, 0.5) is 11.6 Å². The molecule has 7 heteroatoms.